The molecule has 1 amide bonds. The topological polar surface area (TPSA) is 75.7 Å². The average Bonchev–Trinajstić information content (AvgIpc) is 2.94. The summed E-state index contributed by atoms with van der Waals surface area (Å²) in [5.74, 6) is 0.342. The molecule has 2 aromatic carbocycles. The molecule has 3 rings (SSSR count). The van der Waals surface area contributed by atoms with Crippen LogP contribution in [0.3, 0.4) is 0 Å². The Kier molecular flexibility index (Phi) is 5.02. The molecule has 0 radical (unpaired) electrons. The first kappa shape index (κ1) is 18.4. The van der Waals surface area contributed by atoms with Crippen molar-refractivity contribution in [3.63, 3.8) is 0 Å². The van der Waals surface area contributed by atoms with Gasteiger partial charge in [0.05, 0.1) is 12.0 Å². The van der Waals surface area contributed by atoms with Gasteiger partial charge in [-0.3, -0.25) is 4.79 Å². The van der Waals surface area contributed by atoms with Crippen molar-refractivity contribution in [3.05, 3.63) is 53.6 Å². The third-order valence-electron chi connectivity index (χ3n) is 4.39. The van der Waals surface area contributed by atoms with E-state index in [0.29, 0.717) is 18.7 Å². The molecule has 0 aromatic heterocycles. The van der Waals surface area contributed by atoms with Crippen LogP contribution in [0.4, 0.5) is 5.69 Å². The fourth-order valence-electron chi connectivity index (χ4n) is 3.16. The van der Waals surface area contributed by atoms with Gasteiger partial charge in [0.2, 0.25) is 15.9 Å². The Bertz CT molecular complexity index is 903. The molecular formula is C19H22N2O4S. The summed E-state index contributed by atoms with van der Waals surface area (Å²) in [4.78, 5) is 14.5. The van der Waals surface area contributed by atoms with Crippen LogP contribution in [0.5, 0.6) is 5.75 Å². The van der Waals surface area contributed by atoms with Crippen molar-refractivity contribution in [2.45, 2.75) is 31.2 Å². The van der Waals surface area contributed by atoms with Crippen molar-refractivity contribution in [2.75, 3.05) is 18.6 Å². The summed E-state index contributed by atoms with van der Waals surface area (Å²) >= 11 is 0. The average molecular weight is 374 g/mol. The van der Waals surface area contributed by atoms with Gasteiger partial charge in [-0.2, -0.15) is 4.72 Å². The maximum Gasteiger partial charge on any atom is 0.245 e. The summed E-state index contributed by atoms with van der Waals surface area (Å²) in [6.07, 6.45) is 0.432. The van der Waals surface area contributed by atoms with Crippen molar-refractivity contribution >= 4 is 21.6 Å². The van der Waals surface area contributed by atoms with Crippen molar-refractivity contribution in [2.24, 2.45) is 0 Å². The van der Waals surface area contributed by atoms with Gasteiger partial charge in [-0.1, -0.05) is 6.07 Å². The highest BCUT2D eigenvalue weighted by Gasteiger charge is 2.35. The van der Waals surface area contributed by atoms with Crippen molar-refractivity contribution in [3.8, 4) is 5.75 Å². The Morgan fingerprint density at radius 2 is 1.69 bits per heavy atom. The lowest BCUT2D eigenvalue weighted by Gasteiger charge is -2.18. The number of ether oxygens (including phenoxy) is 1. The maximum absolute atomic E-state index is 12.7. The Morgan fingerprint density at radius 3 is 2.27 bits per heavy atom. The molecule has 138 valence electrons. The molecule has 1 aliphatic rings. The third kappa shape index (κ3) is 3.73. The first-order chi connectivity index (χ1) is 12.3. The molecule has 6 nitrogen and oxygen atoms in total. The van der Waals surface area contributed by atoms with Crippen molar-refractivity contribution < 1.29 is 17.9 Å². The molecule has 1 fully saturated rings. The van der Waals surface area contributed by atoms with E-state index in [2.05, 4.69) is 4.72 Å². The number of nitrogens with zero attached hydrogens (tertiary/aromatic N) is 1. The van der Waals surface area contributed by atoms with E-state index in [0.717, 1.165) is 16.8 Å². The molecule has 26 heavy (non-hydrogen) atoms. The largest absolute Gasteiger partial charge is 0.497 e. The van der Waals surface area contributed by atoms with E-state index in [4.69, 9.17) is 4.74 Å². The first-order valence-electron chi connectivity index (χ1n) is 8.36. The number of methoxy groups -OCH3 is 1. The second-order valence-electron chi connectivity index (χ2n) is 6.47. The minimum atomic E-state index is -3.78. The van der Waals surface area contributed by atoms with Gasteiger partial charge in [-0.05, 0) is 67.8 Å². The van der Waals surface area contributed by atoms with Crippen LogP contribution in [0.15, 0.2) is 47.4 Å². The lowest BCUT2D eigenvalue weighted by atomic mass is 10.1. The van der Waals surface area contributed by atoms with E-state index in [1.807, 2.05) is 32.0 Å². The Labute approximate surface area is 153 Å². The van der Waals surface area contributed by atoms with Crippen LogP contribution >= 0.6 is 0 Å². The highest BCUT2D eigenvalue weighted by Crippen LogP contribution is 2.25. The fraction of sp³-hybridized carbons (Fsp3) is 0.316. The van der Waals surface area contributed by atoms with Crippen LogP contribution in [0.2, 0.25) is 0 Å². The van der Waals surface area contributed by atoms with Crippen molar-refractivity contribution in [1.29, 1.82) is 0 Å². The number of aryl methyl sites for hydroxylation is 2. The predicted molar refractivity (Wildman–Crippen MR) is 100.0 cm³/mol. The lowest BCUT2D eigenvalue weighted by Crippen LogP contribution is -2.41. The molecule has 0 bridgehead atoms. The molecule has 0 aliphatic carbocycles. The van der Waals surface area contributed by atoms with Crippen LogP contribution < -0.4 is 14.4 Å². The maximum atomic E-state index is 12.7. The molecular weight excluding hydrogens is 352 g/mol. The fourth-order valence-corrected chi connectivity index (χ4v) is 4.39. The number of carbonyl (C=O) groups is 1. The number of hydrogen-bond acceptors (Lipinski definition) is 4. The molecule has 1 aliphatic heterocycles. The monoisotopic (exact) mass is 374 g/mol. The van der Waals surface area contributed by atoms with Gasteiger partial charge >= 0.3 is 0 Å². The van der Waals surface area contributed by atoms with E-state index >= 15 is 0 Å². The quantitative estimate of drug-likeness (QED) is 0.872. The number of carbonyl (C=O) groups excluding carboxylic acids is 1. The van der Waals surface area contributed by atoms with Crippen molar-refractivity contribution in [1.82, 2.24) is 4.72 Å². The van der Waals surface area contributed by atoms with Crippen LogP contribution in [0, 0.1) is 13.8 Å². The minimum Gasteiger partial charge on any atom is -0.497 e. The molecule has 2 aromatic rings. The highest BCUT2D eigenvalue weighted by molar-refractivity contribution is 7.89. The third-order valence-corrected chi connectivity index (χ3v) is 5.88. The number of sulfonamides is 1. The van der Waals surface area contributed by atoms with E-state index in [9.17, 15) is 13.2 Å². The summed E-state index contributed by atoms with van der Waals surface area (Å²) in [5.41, 5.74) is 2.93. The number of nitrogens with one attached hydrogen (secondary N) is 1. The van der Waals surface area contributed by atoms with E-state index < -0.39 is 16.1 Å². The van der Waals surface area contributed by atoms with Gasteiger partial charge in [0, 0.05) is 12.2 Å². The number of hydrogen-bond donors (Lipinski definition) is 1. The van der Waals surface area contributed by atoms with E-state index in [-0.39, 0.29) is 10.8 Å². The summed E-state index contributed by atoms with van der Waals surface area (Å²) < 4.78 is 32.7. The number of amides is 1. The molecule has 7 heteroatoms. The first-order valence-corrected chi connectivity index (χ1v) is 9.84. The Morgan fingerprint density at radius 1 is 1.08 bits per heavy atom. The molecule has 1 saturated heterocycles. The molecule has 0 saturated carbocycles. The molecule has 1 N–H and O–H groups in total. The molecule has 0 unspecified atom stereocenters. The number of benzene rings is 2. The summed E-state index contributed by atoms with van der Waals surface area (Å²) in [7, 11) is -2.26. The SMILES string of the molecule is COc1ccc(S(=O)(=O)N[C@H]2CCN(c3cc(C)cc(C)c3)C2=O)cc1. The minimum absolute atomic E-state index is 0.107. The second kappa shape index (κ2) is 7.09. The normalized spacial score (nSPS) is 17.6. The second-order valence-corrected chi connectivity index (χ2v) is 8.19. The van der Waals surface area contributed by atoms with Crippen LogP contribution in [0.25, 0.3) is 0 Å². The van der Waals surface area contributed by atoms with E-state index in [1.165, 1.54) is 19.2 Å². The van der Waals surface area contributed by atoms with Gasteiger partial charge in [0.15, 0.2) is 0 Å². The van der Waals surface area contributed by atoms with Crippen LogP contribution in [-0.2, 0) is 14.8 Å². The molecule has 0 spiro atoms. The number of rotatable bonds is 5. The summed E-state index contributed by atoms with van der Waals surface area (Å²) in [5, 5.41) is 0. The smallest absolute Gasteiger partial charge is 0.245 e. The standard InChI is InChI=1S/C19H22N2O4S/c1-13-10-14(2)12-15(11-13)21-9-8-18(19(21)22)20-26(23,24)17-6-4-16(25-3)5-7-17/h4-7,10-12,18,20H,8-9H2,1-3H3/t18-/m0/s1. The Hall–Kier alpha value is -2.38. The molecule has 1 heterocycles. The lowest BCUT2D eigenvalue weighted by molar-refractivity contribution is -0.118. The number of anilines is 1. The predicted octanol–water partition coefficient (Wildman–Crippen LogP) is 2.40. The van der Waals surface area contributed by atoms with Crippen LogP contribution in [0.1, 0.15) is 17.5 Å². The molecule has 1 atom stereocenters. The van der Waals surface area contributed by atoms with Crippen LogP contribution in [-0.4, -0.2) is 34.0 Å². The van der Waals surface area contributed by atoms with Gasteiger partial charge in [0.1, 0.15) is 11.8 Å². The van der Waals surface area contributed by atoms with Gasteiger partial charge in [-0.15, -0.1) is 0 Å². The zero-order valence-electron chi connectivity index (χ0n) is 15.0. The zero-order valence-corrected chi connectivity index (χ0v) is 15.8. The van der Waals surface area contributed by atoms with Gasteiger partial charge in [0.25, 0.3) is 0 Å². The summed E-state index contributed by atoms with van der Waals surface area (Å²) in [6, 6.07) is 11.2. The zero-order chi connectivity index (χ0) is 18.9. The highest BCUT2D eigenvalue weighted by atomic mass is 32.2. The van der Waals surface area contributed by atoms with Gasteiger partial charge < -0.3 is 9.64 Å². The summed E-state index contributed by atoms with van der Waals surface area (Å²) in [6.45, 7) is 4.43. The van der Waals surface area contributed by atoms with Gasteiger partial charge in [-0.25, -0.2) is 8.42 Å². The van der Waals surface area contributed by atoms with E-state index in [1.54, 1.807) is 17.0 Å². The Balaban J connectivity index is 1.77.